The van der Waals surface area contributed by atoms with Gasteiger partial charge < -0.3 is 5.11 Å². The molecule has 0 aliphatic rings. The summed E-state index contributed by atoms with van der Waals surface area (Å²) < 4.78 is 1.55. The largest absolute Gasteiger partial charge is 0.478 e. The minimum Gasteiger partial charge on any atom is -0.478 e. The summed E-state index contributed by atoms with van der Waals surface area (Å²) in [7, 11) is 0. The number of H-pyrrole nitrogens is 1. The number of aromatic carboxylic acids is 1. The van der Waals surface area contributed by atoms with Crippen LogP contribution in [0, 0.1) is 6.92 Å². The number of carboxylic acid groups (broad SMARTS) is 1. The zero-order valence-corrected chi connectivity index (χ0v) is 10.5. The number of carboxylic acids is 1. The molecule has 3 heterocycles. The molecule has 2 N–H and O–H groups in total. The van der Waals surface area contributed by atoms with Gasteiger partial charge in [-0.25, -0.2) is 4.79 Å². The quantitative estimate of drug-likeness (QED) is 0.744. The number of nitrogens with zero attached hydrogens (tertiary/aromatic N) is 4. The smallest absolute Gasteiger partial charge is 0.337 e. The number of rotatable bonds is 2. The predicted octanol–water partition coefficient (Wildman–Crippen LogP) is 1.78. The van der Waals surface area contributed by atoms with Crippen LogP contribution >= 0.6 is 11.6 Å². The highest BCUT2D eigenvalue weighted by molar-refractivity contribution is 6.33. The van der Waals surface area contributed by atoms with Crippen molar-refractivity contribution in [2.24, 2.45) is 0 Å². The number of pyridine rings is 1. The molecular formula is C11H8ClN5O2. The number of carbonyl (C=O) groups is 1. The van der Waals surface area contributed by atoms with Crippen LogP contribution in [-0.2, 0) is 0 Å². The van der Waals surface area contributed by atoms with Gasteiger partial charge in [0, 0.05) is 11.9 Å². The fourth-order valence-corrected chi connectivity index (χ4v) is 2.08. The number of aryl methyl sites for hydroxylation is 1. The normalized spacial score (nSPS) is 11.1. The van der Waals surface area contributed by atoms with Crippen LogP contribution in [0.4, 0.5) is 0 Å². The maximum atomic E-state index is 11.1. The molecule has 3 aromatic heterocycles. The second-order valence-electron chi connectivity index (χ2n) is 4.01. The number of nitrogens with one attached hydrogen (secondary N) is 1. The molecule has 0 amide bonds. The molecule has 0 saturated heterocycles. The first-order chi connectivity index (χ1) is 9.08. The Hall–Kier alpha value is -2.41. The third kappa shape index (κ3) is 1.75. The Balaban J connectivity index is 2.33. The highest BCUT2D eigenvalue weighted by atomic mass is 35.5. The molecule has 7 nitrogen and oxygen atoms in total. The van der Waals surface area contributed by atoms with Crippen LogP contribution in [0.25, 0.3) is 17.0 Å². The Bertz CT molecular complexity index is 792. The van der Waals surface area contributed by atoms with E-state index < -0.39 is 5.97 Å². The van der Waals surface area contributed by atoms with Crippen LogP contribution in [0.3, 0.4) is 0 Å². The molecule has 0 aliphatic carbocycles. The molecule has 96 valence electrons. The fourth-order valence-electron chi connectivity index (χ4n) is 1.83. The van der Waals surface area contributed by atoms with Gasteiger partial charge in [-0.1, -0.05) is 11.6 Å². The Labute approximate surface area is 111 Å². The Kier molecular flexibility index (Phi) is 2.49. The van der Waals surface area contributed by atoms with E-state index in [1.807, 2.05) is 6.92 Å². The van der Waals surface area contributed by atoms with Gasteiger partial charge in [0.15, 0.2) is 11.5 Å². The highest BCUT2D eigenvalue weighted by Gasteiger charge is 2.16. The van der Waals surface area contributed by atoms with Crippen molar-refractivity contribution < 1.29 is 9.90 Å². The number of hydrogen-bond acceptors (Lipinski definition) is 4. The third-order valence-corrected chi connectivity index (χ3v) is 3.06. The van der Waals surface area contributed by atoms with Gasteiger partial charge in [-0.3, -0.25) is 9.50 Å². The second kappa shape index (κ2) is 4.06. The van der Waals surface area contributed by atoms with Crippen molar-refractivity contribution in [3.8, 4) is 11.4 Å². The van der Waals surface area contributed by atoms with Crippen molar-refractivity contribution in [3.05, 3.63) is 34.7 Å². The van der Waals surface area contributed by atoms with Crippen molar-refractivity contribution in [1.82, 2.24) is 24.8 Å². The first kappa shape index (κ1) is 11.7. The molecule has 3 rings (SSSR count). The highest BCUT2D eigenvalue weighted by Crippen LogP contribution is 2.24. The van der Waals surface area contributed by atoms with E-state index in [4.69, 9.17) is 16.7 Å². The minimum atomic E-state index is -1.06. The van der Waals surface area contributed by atoms with E-state index >= 15 is 0 Å². The van der Waals surface area contributed by atoms with E-state index in [1.54, 1.807) is 10.6 Å². The topological polar surface area (TPSA) is 96.2 Å². The molecule has 0 atom stereocenters. The molecule has 0 unspecified atom stereocenters. The minimum absolute atomic E-state index is 0.0692. The summed E-state index contributed by atoms with van der Waals surface area (Å²) in [5.41, 5.74) is 2.03. The van der Waals surface area contributed by atoms with Gasteiger partial charge in [-0.15, -0.1) is 10.2 Å². The first-order valence-corrected chi connectivity index (χ1v) is 5.73. The van der Waals surface area contributed by atoms with Gasteiger partial charge in [0.05, 0.1) is 22.3 Å². The molecular weight excluding hydrogens is 270 g/mol. The van der Waals surface area contributed by atoms with Crippen LogP contribution in [-0.4, -0.2) is 35.9 Å². The van der Waals surface area contributed by atoms with E-state index in [-0.39, 0.29) is 10.6 Å². The van der Waals surface area contributed by atoms with E-state index in [0.29, 0.717) is 11.5 Å². The molecule has 0 spiro atoms. The van der Waals surface area contributed by atoms with E-state index in [0.717, 1.165) is 11.3 Å². The maximum Gasteiger partial charge on any atom is 0.337 e. The van der Waals surface area contributed by atoms with Crippen molar-refractivity contribution in [1.29, 1.82) is 0 Å². The van der Waals surface area contributed by atoms with Crippen molar-refractivity contribution in [2.45, 2.75) is 6.92 Å². The van der Waals surface area contributed by atoms with Gasteiger partial charge in [0.1, 0.15) is 0 Å². The number of hydrogen-bond donors (Lipinski definition) is 2. The predicted molar refractivity (Wildman–Crippen MR) is 67.3 cm³/mol. The Morgan fingerprint density at radius 2 is 2.26 bits per heavy atom. The number of fused-ring (bicyclic) bond motifs is 1. The molecule has 0 fully saturated rings. The number of aromatic nitrogens is 5. The lowest BCUT2D eigenvalue weighted by molar-refractivity contribution is 0.0696. The summed E-state index contributed by atoms with van der Waals surface area (Å²) in [6.45, 7) is 1.84. The first-order valence-electron chi connectivity index (χ1n) is 5.36. The van der Waals surface area contributed by atoms with E-state index in [9.17, 15) is 4.79 Å². The molecule has 19 heavy (non-hydrogen) atoms. The van der Waals surface area contributed by atoms with Crippen molar-refractivity contribution in [2.75, 3.05) is 0 Å². The summed E-state index contributed by atoms with van der Waals surface area (Å²) in [4.78, 5) is 11.1. The SMILES string of the molecule is Cc1[nH]ncc1-c1nnc2c(Cl)cc(C(=O)O)cn12. The van der Waals surface area contributed by atoms with Gasteiger partial charge in [0.25, 0.3) is 0 Å². The summed E-state index contributed by atoms with van der Waals surface area (Å²) in [5.74, 6) is -0.571. The van der Waals surface area contributed by atoms with Crippen LogP contribution < -0.4 is 0 Å². The number of aromatic amines is 1. The van der Waals surface area contributed by atoms with Gasteiger partial charge in [0.2, 0.25) is 0 Å². The maximum absolute atomic E-state index is 11.1. The van der Waals surface area contributed by atoms with E-state index in [1.165, 1.54) is 12.3 Å². The fraction of sp³-hybridized carbons (Fsp3) is 0.0909. The Morgan fingerprint density at radius 1 is 1.47 bits per heavy atom. The summed E-state index contributed by atoms with van der Waals surface area (Å²) in [5, 5.41) is 24.0. The molecule has 3 aromatic rings. The van der Waals surface area contributed by atoms with Crippen molar-refractivity contribution >= 4 is 23.2 Å². The van der Waals surface area contributed by atoms with Crippen LogP contribution in [0.15, 0.2) is 18.5 Å². The standard InChI is InChI=1S/C11H8ClN5O2/c1-5-7(3-13-14-5)9-15-16-10-8(12)2-6(11(18)19)4-17(9)10/h2-4H,1H3,(H,13,14)(H,18,19). The van der Waals surface area contributed by atoms with Crippen molar-refractivity contribution in [3.63, 3.8) is 0 Å². The van der Waals surface area contributed by atoms with Gasteiger partial charge in [-0.2, -0.15) is 5.10 Å². The third-order valence-electron chi connectivity index (χ3n) is 2.78. The van der Waals surface area contributed by atoms with E-state index in [2.05, 4.69) is 20.4 Å². The van der Waals surface area contributed by atoms with Crippen LogP contribution in [0.2, 0.25) is 5.02 Å². The average molecular weight is 278 g/mol. The monoisotopic (exact) mass is 277 g/mol. The zero-order chi connectivity index (χ0) is 13.6. The number of halogens is 1. The van der Waals surface area contributed by atoms with Crippen LogP contribution in [0.5, 0.6) is 0 Å². The van der Waals surface area contributed by atoms with Gasteiger partial charge in [-0.05, 0) is 13.0 Å². The van der Waals surface area contributed by atoms with Gasteiger partial charge >= 0.3 is 5.97 Å². The average Bonchev–Trinajstić information content (AvgIpc) is 2.94. The second-order valence-corrected chi connectivity index (χ2v) is 4.41. The molecule has 0 radical (unpaired) electrons. The molecule has 0 aliphatic heterocycles. The lowest BCUT2D eigenvalue weighted by Gasteiger charge is -2.02. The lowest BCUT2D eigenvalue weighted by atomic mass is 10.2. The summed E-state index contributed by atoms with van der Waals surface area (Å²) in [6, 6.07) is 1.35. The molecule has 0 aromatic carbocycles. The lowest BCUT2D eigenvalue weighted by Crippen LogP contribution is -2.00. The Morgan fingerprint density at radius 3 is 2.89 bits per heavy atom. The molecule has 0 bridgehead atoms. The summed E-state index contributed by atoms with van der Waals surface area (Å²) in [6.07, 6.45) is 3.04. The molecule has 0 saturated carbocycles. The zero-order valence-electron chi connectivity index (χ0n) is 9.75. The summed E-state index contributed by atoms with van der Waals surface area (Å²) >= 11 is 6.01. The van der Waals surface area contributed by atoms with Crippen LogP contribution in [0.1, 0.15) is 16.1 Å². The molecule has 8 heteroatoms.